The highest BCUT2D eigenvalue weighted by atomic mass is 16.2. The zero-order chi connectivity index (χ0) is 19.3. The predicted molar refractivity (Wildman–Crippen MR) is 104 cm³/mol. The third-order valence-electron chi connectivity index (χ3n) is 5.91. The zero-order valence-electron chi connectivity index (χ0n) is 16.1. The molecule has 0 saturated carbocycles. The van der Waals surface area contributed by atoms with Gasteiger partial charge >= 0.3 is 0 Å². The molecule has 2 aromatic heterocycles. The number of nitrogens with zero attached hydrogens (tertiary/aromatic N) is 5. The lowest BCUT2D eigenvalue weighted by Gasteiger charge is -2.33. The third kappa shape index (κ3) is 4.40. The van der Waals surface area contributed by atoms with Crippen molar-refractivity contribution >= 4 is 11.8 Å². The summed E-state index contributed by atoms with van der Waals surface area (Å²) in [5.41, 5.74) is 1.00. The third-order valence-corrected chi connectivity index (χ3v) is 5.91. The summed E-state index contributed by atoms with van der Waals surface area (Å²) in [5.74, 6) is 0.647. The fourth-order valence-corrected chi connectivity index (χ4v) is 4.25. The van der Waals surface area contributed by atoms with Gasteiger partial charge in [0.15, 0.2) is 0 Å². The summed E-state index contributed by atoms with van der Waals surface area (Å²) in [4.78, 5) is 33.1. The SMILES string of the molecule is O=C1C[C@@H](C(=O)N2CCC(CCn3cccn3)CC2)CN1Cc1cccnc1. The number of pyridine rings is 1. The van der Waals surface area contributed by atoms with Gasteiger partial charge in [-0.1, -0.05) is 6.07 Å². The molecule has 0 N–H and O–H groups in total. The topological polar surface area (TPSA) is 71.3 Å². The summed E-state index contributed by atoms with van der Waals surface area (Å²) in [6.45, 7) is 3.59. The normalized spacial score (nSPS) is 20.7. The van der Waals surface area contributed by atoms with Crippen LogP contribution in [0, 0.1) is 11.8 Å². The number of aryl methyl sites for hydroxylation is 1. The van der Waals surface area contributed by atoms with Crippen LogP contribution in [0.3, 0.4) is 0 Å². The van der Waals surface area contributed by atoms with Crippen LogP contribution in [0.1, 0.15) is 31.2 Å². The Labute approximate surface area is 165 Å². The molecular formula is C21H27N5O2. The molecule has 2 fully saturated rings. The van der Waals surface area contributed by atoms with E-state index in [4.69, 9.17) is 0 Å². The van der Waals surface area contributed by atoms with Crippen molar-refractivity contribution in [2.75, 3.05) is 19.6 Å². The summed E-state index contributed by atoms with van der Waals surface area (Å²) in [5, 5.41) is 4.25. The molecule has 0 aliphatic carbocycles. The molecule has 28 heavy (non-hydrogen) atoms. The van der Waals surface area contributed by atoms with E-state index in [2.05, 4.69) is 10.1 Å². The molecule has 4 rings (SSSR count). The number of amides is 2. The Balaban J connectivity index is 1.24. The van der Waals surface area contributed by atoms with Gasteiger partial charge in [0, 0.05) is 63.9 Å². The molecule has 2 aromatic rings. The van der Waals surface area contributed by atoms with Gasteiger partial charge in [-0.2, -0.15) is 5.10 Å². The molecule has 148 valence electrons. The minimum atomic E-state index is -0.204. The van der Waals surface area contributed by atoms with Gasteiger partial charge in [-0.3, -0.25) is 19.3 Å². The number of hydrogen-bond donors (Lipinski definition) is 0. The Hall–Kier alpha value is -2.70. The molecule has 0 spiro atoms. The number of carbonyl (C=O) groups excluding carboxylic acids is 2. The average molecular weight is 381 g/mol. The maximum atomic E-state index is 12.9. The molecule has 0 unspecified atom stereocenters. The van der Waals surface area contributed by atoms with Crippen molar-refractivity contribution in [3.8, 4) is 0 Å². The van der Waals surface area contributed by atoms with E-state index in [0.29, 0.717) is 25.4 Å². The second-order valence-corrected chi connectivity index (χ2v) is 7.86. The minimum Gasteiger partial charge on any atom is -0.342 e. The van der Waals surface area contributed by atoms with Crippen LogP contribution in [0.5, 0.6) is 0 Å². The van der Waals surface area contributed by atoms with Gasteiger partial charge in [0.25, 0.3) is 0 Å². The number of aromatic nitrogens is 3. The molecule has 7 heteroatoms. The first kappa shape index (κ1) is 18.7. The summed E-state index contributed by atoms with van der Waals surface area (Å²) in [7, 11) is 0. The summed E-state index contributed by atoms with van der Waals surface area (Å²) in [6.07, 6.45) is 10.8. The maximum Gasteiger partial charge on any atom is 0.227 e. The van der Waals surface area contributed by atoms with Gasteiger partial charge < -0.3 is 9.80 Å². The van der Waals surface area contributed by atoms with Crippen LogP contribution in [0.15, 0.2) is 43.0 Å². The molecule has 0 aromatic carbocycles. The Morgan fingerprint density at radius 2 is 2.04 bits per heavy atom. The van der Waals surface area contributed by atoms with Crippen LogP contribution in [0.25, 0.3) is 0 Å². The molecule has 0 radical (unpaired) electrons. The Kier molecular flexibility index (Phi) is 5.69. The van der Waals surface area contributed by atoms with Crippen LogP contribution in [0.4, 0.5) is 0 Å². The van der Waals surface area contributed by atoms with E-state index in [1.54, 1.807) is 17.3 Å². The van der Waals surface area contributed by atoms with E-state index in [1.165, 1.54) is 0 Å². The van der Waals surface area contributed by atoms with Gasteiger partial charge in [0.2, 0.25) is 11.8 Å². The predicted octanol–water partition coefficient (Wildman–Crippen LogP) is 1.96. The van der Waals surface area contributed by atoms with E-state index < -0.39 is 0 Å². The average Bonchev–Trinajstić information content (AvgIpc) is 3.37. The fraction of sp³-hybridized carbons (Fsp3) is 0.524. The molecular weight excluding hydrogens is 354 g/mol. The molecule has 2 aliphatic rings. The second-order valence-electron chi connectivity index (χ2n) is 7.86. The molecule has 0 bridgehead atoms. The Bertz CT molecular complexity index is 784. The Morgan fingerprint density at radius 1 is 1.18 bits per heavy atom. The van der Waals surface area contributed by atoms with Crippen molar-refractivity contribution in [2.45, 2.75) is 38.8 Å². The fourth-order valence-electron chi connectivity index (χ4n) is 4.25. The molecule has 7 nitrogen and oxygen atoms in total. The maximum absolute atomic E-state index is 12.9. The van der Waals surface area contributed by atoms with Crippen LogP contribution in [0.2, 0.25) is 0 Å². The second kappa shape index (κ2) is 8.54. The van der Waals surface area contributed by atoms with Crippen molar-refractivity contribution in [3.63, 3.8) is 0 Å². The zero-order valence-corrected chi connectivity index (χ0v) is 16.1. The first-order chi connectivity index (χ1) is 13.7. The summed E-state index contributed by atoms with van der Waals surface area (Å²) >= 11 is 0. The van der Waals surface area contributed by atoms with Gasteiger partial charge in [-0.05, 0) is 42.9 Å². The summed E-state index contributed by atoms with van der Waals surface area (Å²) < 4.78 is 1.97. The number of hydrogen-bond acceptors (Lipinski definition) is 4. The van der Waals surface area contributed by atoms with E-state index in [9.17, 15) is 9.59 Å². The molecule has 1 atom stereocenters. The van der Waals surface area contributed by atoms with E-state index in [-0.39, 0.29) is 17.7 Å². The number of rotatable bonds is 6. The first-order valence-corrected chi connectivity index (χ1v) is 10.1. The minimum absolute atomic E-state index is 0.0660. The monoisotopic (exact) mass is 381 g/mol. The van der Waals surface area contributed by atoms with Crippen molar-refractivity contribution in [2.24, 2.45) is 11.8 Å². The highest BCUT2D eigenvalue weighted by Crippen LogP contribution is 2.26. The highest BCUT2D eigenvalue weighted by Gasteiger charge is 2.37. The highest BCUT2D eigenvalue weighted by molar-refractivity contribution is 5.89. The molecule has 2 saturated heterocycles. The van der Waals surface area contributed by atoms with Gasteiger partial charge in [0.1, 0.15) is 0 Å². The molecule has 2 aliphatic heterocycles. The smallest absolute Gasteiger partial charge is 0.227 e. The van der Waals surface area contributed by atoms with Crippen LogP contribution in [-0.4, -0.2) is 56.0 Å². The van der Waals surface area contributed by atoms with Crippen molar-refractivity contribution in [3.05, 3.63) is 48.5 Å². The van der Waals surface area contributed by atoms with E-state index in [1.807, 2.05) is 40.2 Å². The van der Waals surface area contributed by atoms with E-state index in [0.717, 1.165) is 44.5 Å². The number of likely N-dealkylation sites (tertiary alicyclic amines) is 2. The van der Waals surface area contributed by atoms with Crippen molar-refractivity contribution in [1.82, 2.24) is 24.6 Å². The van der Waals surface area contributed by atoms with Crippen LogP contribution < -0.4 is 0 Å². The lowest BCUT2D eigenvalue weighted by molar-refractivity contribution is -0.137. The van der Waals surface area contributed by atoms with Gasteiger partial charge in [-0.25, -0.2) is 0 Å². The first-order valence-electron chi connectivity index (χ1n) is 10.1. The van der Waals surface area contributed by atoms with E-state index >= 15 is 0 Å². The largest absolute Gasteiger partial charge is 0.342 e. The summed E-state index contributed by atoms with van der Waals surface area (Å²) in [6, 6.07) is 5.78. The van der Waals surface area contributed by atoms with Crippen molar-refractivity contribution < 1.29 is 9.59 Å². The van der Waals surface area contributed by atoms with Crippen LogP contribution >= 0.6 is 0 Å². The quantitative estimate of drug-likeness (QED) is 0.767. The molecule has 4 heterocycles. The number of carbonyl (C=O) groups is 2. The lowest BCUT2D eigenvalue weighted by atomic mass is 9.92. The van der Waals surface area contributed by atoms with Crippen LogP contribution in [-0.2, 0) is 22.7 Å². The van der Waals surface area contributed by atoms with Crippen molar-refractivity contribution in [1.29, 1.82) is 0 Å². The Morgan fingerprint density at radius 3 is 2.75 bits per heavy atom. The molecule has 2 amide bonds. The lowest BCUT2D eigenvalue weighted by Crippen LogP contribution is -2.42. The van der Waals surface area contributed by atoms with Gasteiger partial charge in [-0.15, -0.1) is 0 Å². The van der Waals surface area contributed by atoms with Gasteiger partial charge in [0.05, 0.1) is 5.92 Å². The number of piperidine rings is 1. The standard InChI is InChI=1S/C21H27N5O2/c27-20-13-19(16-25(20)15-18-3-1-7-22-14-18)21(28)24-10-4-17(5-11-24)6-12-26-9-2-8-23-26/h1-3,7-9,14,17,19H,4-6,10-13,15-16H2/t19-/m1/s1.